The maximum Gasteiger partial charge on any atom is 0.174 e. The lowest BCUT2D eigenvalue weighted by atomic mass is 10.3. The summed E-state index contributed by atoms with van der Waals surface area (Å²) >= 11 is 0. The number of hydrogen-bond donors (Lipinski definition) is 1. The zero-order valence-electron chi connectivity index (χ0n) is 7.91. The molecule has 2 rings (SSSR count). The van der Waals surface area contributed by atoms with Gasteiger partial charge in [0.1, 0.15) is 5.75 Å². The summed E-state index contributed by atoms with van der Waals surface area (Å²) in [7, 11) is 0. The van der Waals surface area contributed by atoms with Crippen LogP contribution in [0.4, 0.5) is 11.5 Å². The molecular formula is C11H9N3O. The number of pyridine rings is 1. The molecule has 4 nitrogen and oxygen atoms in total. The maximum atomic E-state index is 9.01. The molecule has 0 saturated carbocycles. The van der Waals surface area contributed by atoms with Crippen LogP contribution in [0.15, 0.2) is 58.9 Å². The fourth-order valence-electron chi connectivity index (χ4n) is 1.04. The average molecular weight is 199 g/mol. The predicted molar refractivity (Wildman–Crippen MR) is 56.5 cm³/mol. The highest BCUT2D eigenvalue weighted by molar-refractivity contribution is 5.37. The Morgan fingerprint density at radius 3 is 2.40 bits per heavy atom. The molecule has 0 unspecified atom stereocenters. The van der Waals surface area contributed by atoms with E-state index in [2.05, 4.69) is 15.2 Å². The van der Waals surface area contributed by atoms with Crippen molar-refractivity contribution >= 4 is 11.5 Å². The van der Waals surface area contributed by atoms with E-state index < -0.39 is 0 Å². The minimum atomic E-state index is 0.119. The second-order valence-electron chi connectivity index (χ2n) is 2.91. The molecule has 2 aromatic rings. The van der Waals surface area contributed by atoms with Gasteiger partial charge in [-0.3, -0.25) is 0 Å². The number of aromatic hydroxyl groups is 1. The summed E-state index contributed by atoms with van der Waals surface area (Å²) in [6, 6.07) is 12.5. The van der Waals surface area contributed by atoms with Crippen molar-refractivity contribution in [3.05, 3.63) is 48.7 Å². The third-order valence-electron chi connectivity index (χ3n) is 1.76. The summed E-state index contributed by atoms with van der Waals surface area (Å²) in [6.45, 7) is 0. The largest absolute Gasteiger partial charge is 0.506 e. The molecule has 15 heavy (non-hydrogen) atoms. The first-order chi connectivity index (χ1) is 7.34. The standard InChI is InChI=1S/C11H9N3O/c15-10-6-7-11(12-8-10)14-13-9-4-2-1-3-5-9/h1-8,15H. The summed E-state index contributed by atoms with van der Waals surface area (Å²) in [5.74, 6) is 0.588. The van der Waals surface area contributed by atoms with Crippen LogP contribution in [-0.4, -0.2) is 10.1 Å². The zero-order valence-corrected chi connectivity index (χ0v) is 7.91. The van der Waals surface area contributed by atoms with Gasteiger partial charge in [-0.1, -0.05) is 18.2 Å². The summed E-state index contributed by atoms with van der Waals surface area (Å²) in [5.41, 5.74) is 0.771. The summed E-state index contributed by atoms with van der Waals surface area (Å²) in [5, 5.41) is 16.9. The van der Waals surface area contributed by atoms with Gasteiger partial charge in [0.25, 0.3) is 0 Å². The molecule has 0 bridgehead atoms. The third kappa shape index (κ3) is 2.60. The van der Waals surface area contributed by atoms with E-state index in [9.17, 15) is 0 Å². The van der Waals surface area contributed by atoms with Crippen LogP contribution in [0.1, 0.15) is 0 Å². The average Bonchev–Trinajstić information content (AvgIpc) is 2.30. The topological polar surface area (TPSA) is 57.8 Å². The zero-order chi connectivity index (χ0) is 10.5. The molecule has 4 heteroatoms. The van der Waals surface area contributed by atoms with Crippen LogP contribution in [0.2, 0.25) is 0 Å². The number of nitrogens with zero attached hydrogens (tertiary/aromatic N) is 3. The van der Waals surface area contributed by atoms with Crippen molar-refractivity contribution in [2.24, 2.45) is 10.2 Å². The van der Waals surface area contributed by atoms with E-state index in [0.717, 1.165) is 5.69 Å². The second kappa shape index (κ2) is 4.32. The molecule has 74 valence electrons. The fourth-order valence-corrected chi connectivity index (χ4v) is 1.04. The van der Waals surface area contributed by atoms with Gasteiger partial charge >= 0.3 is 0 Å². The van der Waals surface area contributed by atoms with Gasteiger partial charge in [-0.2, -0.15) is 0 Å². The SMILES string of the molecule is Oc1ccc(N=Nc2ccccc2)nc1. The van der Waals surface area contributed by atoms with E-state index in [0.29, 0.717) is 5.82 Å². The molecule has 1 N–H and O–H groups in total. The number of azo groups is 1. The Labute approximate surface area is 86.9 Å². The molecule has 0 atom stereocenters. The number of benzene rings is 1. The molecule has 0 aliphatic heterocycles. The molecule has 0 radical (unpaired) electrons. The molecular weight excluding hydrogens is 190 g/mol. The van der Waals surface area contributed by atoms with Crippen molar-refractivity contribution in [1.29, 1.82) is 0 Å². The minimum absolute atomic E-state index is 0.119. The minimum Gasteiger partial charge on any atom is -0.506 e. The van der Waals surface area contributed by atoms with Gasteiger partial charge in [0.2, 0.25) is 0 Å². The van der Waals surface area contributed by atoms with Crippen LogP contribution < -0.4 is 0 Å². The van der Waals surface area contributed by atoms with Gasteiger partial charge in [0, 0.05) is 0 Å². The summed E-state index contributed by atoms with van der Waals surface area (Å²) < 4.78 is 0. The van der Waals surface area contributed by atoms with Gasteiger partial charge in [0.15, 0.2) is 5.82 Å². The highest BCUT2D eigenvalue weighted by atomic mass is 16.3. The van der Waals surface area contributed by atoms with Crippen molar-refractivity contribution in [3.63, 3.8) is 0 Å². The normalized spacial score (nSPS) is 10.7. The van der Waals surface area contributed by atoms with E-state index in [1.807, 2.05) is 30.3 Å². The Morgan fingerprint density at radius 1 is 0.933 bits per heavy atom. The molecule has 0 saturated heterocycles. The number of aromatic nitrogens is 1. The van der Waals surface area contributed by atoms with Gasteiger partial charge < -0.3 is 5.11 Å². The van der Waals surface area contributed by atoms with Crippen LogP contribution in [-0.2, 0) is 0 Å². The van der Waals surface area contributed by atoms with E-state index in [-0.39, 0.29) is 5.75 Å². The smallest absolute Gasteiger partial charge is 0.174 e. The Hall–Kier alpha value is -2.23. The molecule has 0 amide bonds. The molecule has 0 aliphatic rings. The van der Waals surface area contributed by atoms with E-state index in [1.165, 1.54) is 12.3 Å². The Balaban J connectivity index is 2.15. The number of hydrogen-bond acceptors (Lipinski definition) is 4. The van der Waals surface area contributed by atoms with Gasteiger partial charge in [-0.25, -0.2) is 4.98 Å². The molecule has 1 heterocycles. The first-order valence-corrected chi connectivity index (χ1v) is 4.46. The lowest BCUT2D eigenvalue weighted by Gasteiger charge is -1.92. The highest BCUT2D eigenvalue weighted by Crippen LogP contribution is 2.17. The van der Waals surface area contributed by atoms with Crippen LogP contribution in [0, 0.1) is 0 Å². The van der Waals surface area contributed by atoms with Crippen molar-refractivity contribution in [1.82, 2.24) is 4.98 Å². The van der Waals surface area contributed by atoms with Crippen molar-refractivity contribution < 1.29 is 5.11 Å². The van der Waals surface area contributed by atoms with Crippen LogP contribution in [0.25, 0.3) is 0 Å². The Kier molecular flexibility index (Phi) is 2.69. The van der Waals surface area contributed by atoms with E-state index in [1.54, 1.807) is 6.07 Å². The molecule has 0 spiro atoms. The predicted octanol–water partition coefficient (Wildman–Crippen LogP) is 3.20. The van der Waals surface area contributed by atoms with Crippen LogP contribution >= 0.6 is 0 Å². The van der Waals surface area contributed by atoms with Gasteiger partial charge in [-0.15, -0.1) is 10.2 Å². The lowest BCUT2D eigenvalue weighted by Crippen LogP contribution is -1.71. The fraction of sp³-hybridized carbons (Fsp3) is 0. The third-order valence-corrected chi connectivity index (χ3v) is 1.76. The first-order valence-electron chi connectivity index (χ1n) is 4.46. The first kappa shape index (κ1) is 9.33. The van der Waals surface area contributed by atoms with Gasteiger partial charge in [-0.05, 0) is 24.3 Å². The summed E-state index contributed by atoms with van der Waals surface area (Å²) in [4.78, 5) is 3.88. The Morgan fingerprint density at radius 2 is 1.73 bits per heavy atom. The van der Waals surface area contributed by atoms with Crippen LogP contribution in [0.5, 0.6) is 5.75 Å². The van der Waals surface area contributed by atoms with Crippen molar-refractivity contribution in [2.45, 2.75) is 0 Å². The van der Waals surface area contributed by atoms with E-state index >= 15 is 0 Å². The molecule has 1 aromatic carbocycles. The molecule has 0 fully saturated rings. The van der Waals surface area contributed by atoms with Gasteiger partial charge in [0.05, 0.1) is 11.9 Å². The van der Waals surface area contributed by atoms with Crippen molar-refractivity contribution in [3.8, 4) is 5.75 Å². The molecule has 1 aromatic heterocycles. The molecule has 0 aliphatic carbocycles. The monoisotopic (exact) mass is 199 g/mol. The van der Waals surface area contributed by atoms with Crippen molar-refractivity contribution in [2.75, 3.05) is 0 Å². The second-order valence-corrected chi connectivity index (χ2v) is 2.91. The Bertz CT molecular complexity index is 451. The van der Waals surface area contributed by atoms with E-state index in [4.69, 9.17) is 5.11 Å². The highest BCUT2D eigenvalue weighted by Gasteiger charge is 1.91. The van der Waals surface area contributed by atoms with Crippen LogP contribution in [0.3, 0.4) is 0 Å². The summed E-state index contributed by atoms with van der Waals surface area (Å²) in [6.07, 6.45) is 1.33. The quantitative estimate of drug-likeness (QED) is 0.755. The lowest BCUT2D eigenvalue weighted by molar-refractivity contribution is 0.473. The maximum absolute atomic E-state index is 9.01. The number of rotatable bonds is 2.